The molecule has 0 aliphatic carbocycles. The molecule has 0 radical (unpaired) electrons. The Hall–Kier alpha value is -2.14. The first kappa shape index (κ1) is 19.2. The summed E-state index contributed by atoms with van der Waals surface area (Å²) < 4.78 is 25.1. The van der Waals surface area contributed by atoms with E-state index in [1.807, 2.05) is 37.3 Å². The van der Waals surface area contributed by atoms with Crippen LogP contribution in [-0.2, 0) is 9.84 Å². The second kappa shape index (κ2) is 8.81. The fourth-order valence-corrected chi connectivity index (χ4v) is 4.24. The summed E-state index contributed by atoms with van der Waals surface area (Å²) in [6, 6.07) is 15.9. The first-order valence-corrected chi connectivity index (χ1v) is 10.3. The molecule has 0 aliphatic rings. The van der Waals surface area contributed by atoms with Crippen LogP contribution in [0.2, 0.25) is 0 Å². The Balaban J connectivity index is 2.47. The summed E-state index contributed by atoms with van der Waals surface area (Å²) in [5.41, 5.74) is 1.03. The first-order valence-electron chi connectivity index (χ1n) is 8.70. The lowest BCUT2D eigenvalue weighted by Crippen LogP contribution is -2.33. The fourth-order valence-electron chi connectivity index (χ4n) is 2.71. The molecule has 25 heavy (non-hydrogen) atoms. The van der Waals surface area contributed by atoms with Crippen molar-refractivity contribution < 1.29 is 13.2 Å². The number of para-hydroxylation sites is 1. The lowest BCUT2D eigenvalue weighted by molar-refractivity contribution is 0.0983. The molecule has 2 aromatic rings. The topological polar surface area (TPSA) is 54.5 Å². The molecule has 0 bridgehead atoms. The van der Waals surface area contributed by atoms with E-state index in [1.54, 1.807) is 23.1 Å². The smallest absolute Gasteiger partial charge is 0.259 e. The molecule has 134 valence electrons. The minimum absolute atomic E-state index is 0.0393. The van der Waals surface area contributed by atoms with Crippen molar-refractivity contribution in [3.8, 4) is 0 Å². The molecule has 4 nitrogen and oxygen atoms in total. The zero-order valence-electron chi connectivity index (χ0n) is 14.8. The van der Waals surface area contributed by atoms with Gasteiger partial charge in [-0.1, -0.05) is 50.6 Å². The van der Waals surface area contributed by atoms with Crippen LogP contribution in [0.15, 0.2) is 59.5 Å². The quantitative estimate of drug-likeness (QED) is 0.705. The van der Waals surface area contributed by atoms with Gasteiger partial charge >= 0.3 is 0 Å². The Kier molecular flexibility index (Phi) is 6.76. The average Bonchev–Trinajstić information content (AvgIpc) is 2.63. The van der Waals surface area contributed by atoms with Crippen LogP contribution in [0, 0.1) is 0 Å². The van der Waals surface area contributed by atoms with Crippen LogP contribution in [0.25, 0.3) is 0 Å². The monoisotopic (exact) mass is 359 g/mol. The van der Waals surface area contributed by atoms with Crippen LogP contribution in [0.1, 0.15) is 43.5 Å². The number of sulfone groups is 1. The molecule has 5 heteroatoms. The molecule has 2 aromatic carbocycles. The van der Waals surface area contributed by atoms with E-state index in [1.165, 1.54) is 6.07 Å². The van der Waals surface area contributed by atoms with Crippen molar-refractivity contribution in [3.05, 3.63) is 60.2 Å². The van der Waals surface area contributed by atoms with E-state index in [0.717, 1.165) is 18.5 Å². The Morgan fingerprint density at radius 2 is 1.56 bits per heavy atom. The van der Waals surface area contributed by atoms with Gasteiger partial charge in [-0.25, -0.2) is 8.42 Å². The highest BCUT2D eigenvalue weighted by atomic mass is 32.2. The minimum Gasteiger partial charge on any atom is -0.308 e. The number of nitrogens with zero attached hydrogens (tertiary/aromatic N) is 1. The van der Waals surface area contributed by atoms with Crippen LogP contribution in [0.4, 0.5) is 5.69 Å². The number of benzene rings is 2. The van der Waals surface area contributed by atoms with E-state index >= 15 is 0 Å². The highest BCUT2D eigenvalue weighted by Crippen LogP contribution is 2.23. The second-order valence-electron chi connectivity index (χ2n) is 5.96. The van der Waals surface area contributed by atoms with Crippen LogP contribution in [0.3, 0.4) is 0 Å². The lowest BCUT2D eigenvalue weighted by Gasteiger charge is -2.24. The summed E-state index contributed by atoms with van der Waals surface area (Å²) in [5, 5.41) is 0. The summed E-state index contributed by atoms with van der Waals surface area (Å²) in [7, 11) is -3.47. The SMILES string of the molecule is CCCCN(C(=O)c1ccccc1S(=O)(=O)CCC)c1ccccc1. The molecule has 0 spiro atoms. The van der Waals surface area contributed by atoms with Crippen LogP contribution >= 0.6 is 0 Å². The number of hydrogen-bond acceptors (Lipinski definition) is 3. The molecule has 0 N–H and O–H groups in total. The third kappa shape index (κ3) is 4.69. The van der Waals surface area contributed by atoms with Gasteiger partial charge in [0.2, 0.25) is 0 Å². The average molecular weight is 359 g/mol. The van der Waals surface area contributed by atoms with Gasteiger partial charge in [0, 0.05) is 12.2 Å². The van der Waals surface area contributed by atoms with Gasteiger partial charge in [-0.2, -0.15) is 0 Å². The van der Waals surface area contributed by atoms with E-state index < -0.39 is 9.84 Å². The Morgan fingerprint density at radius 1 is 0.920 bits per heavy atom. The number of amides is 1. The summed E-state index contributed by atoms with van der Waals surface area (Å²) in [4.78, 5) is 15.0. The number of anilines is 1. The maximum atomic E-state index is 13.2. The zero-order chi connectivity index (χ0) is 18.3. The summed E-state index contributed by atoms with van der Waals surface area (Å²) in [6.07, 6.45) is 2.32. The molecule has 0 unspecified atom stereocenters. The molecule has 0 aliphatic heterocycles. The van der Waals surface area contributed by atoms with Gasteiger partial charge in [0.1, 0.15) is 0 Å². The summed E-state index contributed by atoms with van der Waals surface area (Å²) >= 11 is 0. The summed E-state index contributed by atoms with van der Waals surface area (Å²) in [6.45, 7) is 4.44. The van der Waals surface area contributed by atoms with Gasteiger partial charge in [-0.05, 0) is 37.1 Å². The fraction of sp³-hybridized carbons (Fsp3) is 0.350. The second-order valence-corrected chi connectivity index (χ2v) is 8.04. The number of rotatable bonds is 8. The van der Waals surface area contributed by atoms with Crippen molar-refractivity contribution in [1.82, 2.24) is 0 Å². The van der Waals surface area contributed by atoms with E-state index in [9.17, 15) is 13.2 Å². The highest BCUT2D eigenvalue weighted by Gasteiger charge is 2.25. The van der Waals surface area contributed by atoms with E-state index in [0.29, 0.717) is 13.0 Å². The van der Waals surface area contributed by atoms with E-state index in [-0.39, 0.29) is 22.1 Å². The van der Waals surface area contributed by atoms with Gasteiger partial charge in [-0.3, -0.25) is 4.79 Å². The van der Waals surface area contributed by atoms with Crippen molar-refractivity contribution in [2.24, 2.45) is 0 Å². The molecule has 0 fully saturated rings. The van der Waals surface area contributed by atoms with Crippen molar-refractivity contribution in [3.63, 3.8) is 0 Å². The molecule has 0 saturated heterocycles. The Bertz CT molecular complexity index is 801. The molecule has 0 atom stereocenters. The third-order valence-electron chi connectivity index (χ3n) is 3.97. The highest BCUT2D eigenvalue weighted by molar-refractivity contribution is 7.91. The van der Waals surface area contributed by atoms with Gasteiger partial charge in [0.05, 0.1) is 16.2 Å². The number of carbonyl (C=O) groups is 1. The van der Waals surface area contributed by atoms with Gasteiger partial charge in [-0.15, -0.1) is 0 Å². The molecular formula is C20H25NO3S. The number of carbonyl (C=O) groups excluding carboxylic acids is 1. The first-order chi connectivity index (χ1) is 12.0. The van der Waals surface area contributed by atoms with Crippen molar-refractivity contribution in [2.75, 3.05) is 17.2 Å². The molecule has 0 heterocycles. The zero-order valence-corrected chi connectivity index (χ0v) is 15.6. The molecule has 1 amide bonds. The van der Waals surface area contributed by atoms with Gasteiger partial charge in [0.25, 0.3) is 5.91 Å². The van der Waals surface area contributed by atoms with Gasteiger partial charge < -0.3 is 4.90 Å². The molecule has 0 saturated carbocycles. The van der Waals surface area contributed by atoms with Crippen molar-refractivity contribution in [1.29, 1.82) is 0 Å². The predicted molar refractivity (Wildman–Crippen MR) is 102 cm³/mol. The van der Waals surface area contributed by atoms with Crippen LogP contribution in [-0.4, -0.2) is 26.6 Å². The van der Waals surface area contributed by atoms with Crippen LogP contribution < -0.4 is 4.90 Å². The maximum absolute atomic E-state index is 13.2. The molecule has 2 rings (SSSR count). The van der Waals surface area contributed by atoms with Gasteiger partial charge in [0.15, 0.2) is 9.84 Å². The van der Waals surface area contributed by atoms with Crippen molar-refractivity contribution in [2.45, 2.75) is 38.0 Å². The number of unbranched alkanes of at least 4 members (excludes halogenated alkanes) is 1. The predicted octanol–water partition coefficient (Wildman–Crippen LogP) is 4.32. The van der Waals surface area contributed by atoms with E-state index in [4.69, 9.17) is 0 Å². The Morgan fingerprint density at radius 3 is 2.20 bits per heavy atom. The van der Waals surface area contributed by atoms with E-state index in [2.05, 4.69) is 6.92 Å². The molecular weight excluding hydrogens is 334 g/mol. The Labute approximate surface area is 150 Å². The number of hydrogen-bond donors (Lipinski definition) is 0. The standard InChI is InChI=1S/C20H25NO3S/c1-3-5-15-21(17-11-7-6-8-12-17)20(22)18-13-9-10-14-19(18)25(23,24)16-4-2/h6-14H,3-5,15-16H2,1-2H3. The largest absolute Gasteiger partial charge is 0.308 e. The van der Waals surface area contributed by atoms with Crippen LogP contribution in [0.5, 0.6) is 0 Å². The summed E-state index contributed by atoms with van der Waals surface area (Å²) in [5.74, 6) is -0.229. The van der Waals surface area contributed by atoms with Crippen molar-refractivity contribution >= 4 is 21.4 Å². The molecule has 0 aromatic heterocycles. The minimum atomic E-state index is -3.47. The maximum Gasteiger partial charge on any atom is 0.259 e. The normalized spacial score (nSPS) is 11.3. The lowest BCUT2D eigenvalue weighted by atomic mass is 10.1. The third-order valence-corrected chi connectivity index (χ3v) is 5.95.